The first-order valence-electron chi connectivity index (χ1n) is 5.14. The van der Waals surface area contributed by atoms with Crippen LogP contribution in [0.1, 0.15) is 11.3 Å². The predicted molar refractivity (Wildman–Crippen MR) is 68.3 cm³/mol. The monoisotopic (exact) mass is 265 g/mol. The van der Waals surface area contributed by atoms with E-state index in [0.717, 1.165) is 11.3 Å². The van der Waals surface area contributed by atoms with Gasteiger partial charge in [-0.3, -0.25) is 10.1 Å². The number of anilines is 1. The van der Waals surface area contributed by atoms with E-state index in [9.17, 15) is 10.1 Å². The number of oxazole rings is 1. The number of hydrogen-bond acceptors (Lipinski definition) is 6. The van der Waals surface area contributed by atoms with Gasteiger partial charge in [0, 0.05) is 11.8 Å². The van der Waals surface area contributed by atoms with Gasteiger partial charge in [-0.1, -0.05) is 17.8 Å². The molecule has 0 saturated carbocycles. The van der Waals surface area contributed by atoms with Crippen molar-refractivity contribution in [2.24, 2.45) is 0 Å². The summed E-state index contributed by atoms with van der Waals surface area (Å²) in [5.41, 5.74) is 7.41. The number of nitrogens with zero attached hydrogens (tertiary/aromatic N) is 2. The van der Waals surface area contributed by atoms with E-state index in [-0.39, 0.29) is 11.4 Å². The zero-order valence-electron chi connectivity index (χ0n) is 9.62. The third-order valence-corrected chi connectivity index (χ3v) is 3.16. The first kappa shape index (κ1) is 12.4. The highest BCUT2D eigenvalue weighted by atomic mass is 32.2. The molecule has 0 spiro atoms. The van der Waals surface area contributed by atoms with Gasteiger partial charge in [0.15, 0.2) is 0 Å². The van der Waals surface area contributed by atoms with Crippen LogP contribution in [0.25, 0.3) is 0 Å². The highest BCUT2D eigenvalue weighted by Crippen LogP contribution is 2.26. The molecule has 94 valence electrons. The minimum Gasteiger partial charge on any atom is -0.440 e. The molecule has 0 atom stereocenters. The summed E-state index contributed by atoms with van der Waals surface area (Å²) in [5, 5.41) is 11.2. The fourth-order valence-corrected chi connectivity index (χ4v) is 2.20. The molecule has 0 aliphatic rings. The van der Waals surface area contributed by atoms with Crippen molar-refractivity contribution in [2.45, 2.75) is 17.9 Å². The molecule has 0 aliphatic heterocycles. The molecule has 0 saturated heterocycles. The molecule has 0 bridgehead atoms. The molecule has 18 heavy (non-hydrogen) atoms. The van der Waals surface area contributed by atoms with Crippen molar-refractivity contribution in [1.82, 2.24) is 4.98 Å². The Kier molecular flexibility index (Phi) is 3.52. The molecule has 1 heterocycles. The van der Waals surface area contributed by atoms with Crippen LogP contribution < -0.4 is 5.73 Å². The Morgan fingerprint density at radius 3 is 2.89 bits per heavy atom. The van der Waals surface area contributed by atoms with Gasteiger partial charge >= 0.3 is 0 Å². The van der Waals surface area contributed by atoms with Gasteiger partial charge in [-0.2, -0.15) is 0 Å². The molecule has 7 heteroatoms. The number of hydrogen-bond donors (Lipinski definition) is 1. The predicted octanol–water partition coefficient (Wildman–Crippen LogP) is 2.77. The maximum absolute atomic E-state index is 10.6. The van der Waals surface area contributed by atoms with Crippen molar-refractivity contribution >= 4 is 23.1 Å². The van der Waals surface area contributed by atoms with Gasteiger partial charge in [0.1, 0.15) is 12.0 Å². The molecule has 1 aromatic heterocycles. The number of nitro benzene ring substituents is 1. The molecular formula is C11H11N3O3S. The molecule has 1 aromatic carbocycles. The summed E-state index contributed by atoms with van der Waals surface area (Å²) in [6, 6.07) is 4.68. The summed E-state index contributed by atoms with van der Waals surface area (Å²) in [6.07, 6.45) is 1.58. The summed E-state index contributed by atoms with van der Waals surface area (Å²) in [7, 11) is 0. The van der Waals surface area contributed by atoms with Crippen molar-refractivity contribution in [1.29, 1.82) is 0 Å². The first-order valence-corrected chi connectivity index (χ1v) is 6.12. The smallest absolute Gasteiger partial charge is 0.292 e. The zero-order chi connectivity index (χ0) is 13.1. The number of nitro groups is 1. The highest BCUT2D eigenvalue weighted by Gasteiger charge is 2.11. The largest absolute Gasteiger partial charge is 0.440 e. The second-order valence-electron chi connectivity index (χ2n) is 3.69. The summed E-state index contributed by atoms with van der Waals surface area (Å²) >= 11 is 1.41. The highest BCUT2D eigenvalue weighted by molar-refractivity contribution is 7.98. The Labute approximate surface area is 107 Å². The van der Waals surface area contributed by atoms with E-state index in [1.54, 1.807) is 18.4 Å². The lowest BCUT2D eigenvalue weighted by molar-refractivity contribution is -0.383. The fourth-order valence-electron chi connectivity index (χ4n) is 1.40. The van der Waals surface area contributed by atoms with E-state index < -0.39 is 4.92 Å². The van der Waals surface area contributed by atoms with Gasteiger partial charge in [-0.05, 0) is 18.6 Å². The van der Waals surface area contributed by atoms with Crippen molar-refractivity contribution in [3.8, 4) is 0 Å². The van der Waals surface area contributed by atoms with E-state index in [2.05, 4.69) is 4.98 Å². The van der Waals surface area contributed by atoms with E-state index in [4.69, 9.17) is 10.2 Å². The number of rotatable bonds is 4. The van der Waals surface area contributed by atoms with E-state index in [0.29, 0.717) is 11.0 Å². The standard InChI is InChI=1S/C11H11N3O3S/c1-7-5-17-11(13-7)18-6-8-2-3-10(14(15)16)9(12)4-8/h2-5H,6,12H2,1H3. The lowest BCUT2D eigenvalue weighted by Gasteiger charge is -2.01. The number of thioether (sulfide) groups is 1. The molecule has 2 N–H and O–H groups in total. The molecule has 0 radical (unpaired) electrons. The van der Waals surface area contributed by atoms with Gasteiger partial charge in [0.05, 0.1) is 10.6 Å². The third-order valence-electron chi connectivity index (χ3n) is 2.25. The Bertz CT molecular complexity index is 583. The van der Waals surface area contributed by atoms with E-state index >= 15 is 0 Å². The maximum atomic E-state index is 10.6. The number of aromatic nitrogens is 1. The molecule has 0 fully saturated rings. The number of nitrogens with two attached hydrogens (primary N) is 1. The van der Waals surface area contributed by atoms with Crippen molar-refractivity contribution in [2.75, 3.05) is 5.73 Å². The van der Waals surface area contributed by atoms with Gasteiger partial charge in [0.2, 0.25) is 0 Å². The molecule has 0 aliphatic carbocycles. The minimum atomic E-state index is -0.496. The average Bonchev–Trinajstić information content (AvgIpc) is 2.72. The van der Waals surface area contributed by atoms with Crippen LogP contribution in [0.15, 0.2) is 34.1 Å². The lowest BCUT2D eigenvalue weighted by Crippen LogP contribution is -1.96. The van der Waals surface area contributed by atoms with Crippen LogP contribution in [0.2, 0.25) is 0 Å². The molecule has 2 aromatic rings. The molecular weight excluding hydrogens is 254 g/mol. The van der Waals surface area contributed by atoms with Crippen molar-refractivity contribution in [3.63, 3.8) is 0 Å². The summed E-state index contributed by atoms with van der Waals surface area (Å²) in [6.45, 7) is 1.84. The normalized spacial score (nSPS) is 10.5. The van der Waals surface area contributed by atoms with Crippen LogP contribution >= 0.6 is 11.8 Å². The summed E-state index contributed by atoms with van der Waals surface area (Å²) in [4.78, 5) is 14.3. The second kappa shape index (κ2) is 5.09. The summed E-state index contributed by atoms with van der Waals surface area (Å²) in [5.74, 6) is 0.599. The SMILES string of the molecule is Cc1coc(SCc2ccc([N+](=O)[O-])c(N)c2)n1. The minimum absolute atomic E-state index is 0.0734. The molecule has 0 amide bonds. The number of aryl methyl sites for hydroxylation is 1. The van der Waals surface area contributed by atoms with Crippen LogP contribution in [0.3, 0.4) is 0 Å². The first-order chi connectivity index (χ1) is 8.56. The maximum Gasteiger partial charge on any atom is 0.292 e. The Morgan fingerprint density at radius 2 is 2.33 bits per heavy atom. The van der Waals surface area contributed by atoms with Gasteiger partial charge in [-0.25, -0.2) is 4.98 Å². The van der Waals surface area contributed by atoms with E-state index in [1.807, 2.05) is 6.92 Å². The van der Waals surface area contributed by atoms with Gasteiger partial charge in [-0.15, -0.1) is 0 Å². The van der Waals surface area contributed by atoms with Crippen LogP contribution in [0.5, 0.6) is 0 Å². The Balaban J connectivity index is 2.06. The lowest BCUT2D eigenvalue weighted by atomic mass is 10.2. The van der Waals surface area contributed by atoms with Crippen LogP contribution in [0.4, 0.5) is 11.4 Å². The fraction of sp³-hybridized carbons (Fsp3) is 0.182. The van der Waals surface area contributed by atoms with Crippen LogP contribution in [0, 0.1) is 17.0 Å². The molecule has 0 unspecified atom stereocenters. The van der Waals surface area contributed by atoms with Crippen LogP contribution in [-0.4, -0.2) is 9.91 Å². The van der Waals surface area contributed by atoms with E-state index in [1.165, 1.54) is 17.8 Å². The average molecular weight is 265 g/mol. The number of benzene rings is 1. The van der Waals surface area contributed by atoms with Gasteiger partial charge in [0.25, 0.3) is 10.9 Å². The Morgan fingerprint density at radius 1 is 1.56 bits per heavy atom. The third kappa shape index (κ3) is 2.80. The van der Waals surface area contributed by atoms with Crippen molar-refractivity contribution < 1.29 is 9.34 Å². The zero-order valence-corrected chi connectivity index (χ0v) is 10.4. The quantitative estimate of drug-likeness (QED) is 0.395. The number of nitrogen functional groups attached to an aromatic ring is 1. The van der Waals surface area contributed by atoms with Gasteiger partial charge < -0.3 is 10.2 Å². The Hall–Kier alpha value is -2.02. The summed E-state index contributed by atoms with van der Waals surface area (Å²) < 4.78 is 5.19. The topological polar surface area (TPSA) is 95.2 Å². The molecule has 2 rings (SSSR count). The second-order valence-corrected chi connectivity index (χ2v) is 4.62. The van der Waals surface area contributed by atoms with Crippen LogP contribution in [-0.2, 0) is 5.75 Å². The van der Waals surface area contributed by atoms with Crippen molar-refractivity contribution in [3.05, 3.63) is 45.8 Å². The molecule has 6 nitrogen and oxygen atoms in total.